The van der Waals surface area contributed by atoms with Gasteiger partial charge in [0, 0.05) is 32.7 Å². The van der Waals surface area contributed by atoms with Gasteiger partial charge in [0.15, 0.2) is 0 Å². The number of nitrogens with zero attached hydrogens (tertiary/aromatic N) is 1. The maximum absolute atomic E-state index is 11.6. The van der Waals surface area contributed by atoms with Crippen LogP contribution in [-0.4, -0.2) is 43.7 Å². The van der Waals surface area contributed by atoms with Gasteiger partial charge in [-0.05, 0) is 13.3 Å². The molecule has 0 aliphatic heterocycles. The van der Waals surface area contributed by atoms with Crippen LogP contribution in [0.15, 0.2) is 12.7 Å². The molecule has 0 aliphatic rings. The van der Waals surface area contributed by atoms with Crippen LogP contribution in [0.1, 0.15) is 19.8 Å². The third-order valence-corrected chi connectivity index (χ3v) is 2.31. The van der Waals surface area contributed by atoms with Gasteiger partial charge in [-0.15, -0.1) is 6.58 Å². The van der Waals surface area contributed by atoms with Crippen molar-refractivity contribution in [2.45, 2.75) is 25.8 Å². The van der Waals surface area contributed by atoms with Crippen LogP contribution in [0.4, 0.5) is 0 Å². The lowest BCUT2D eigenvalue weighted by atomic mass is 10.2. The quantitative estimate of drug-likeness (QED) is 0.480. The van der Waals surface area contributed by atoms with Crippen LogP contribution in [0.3, 0.4) is 0 Å². The lowest BCUT2D eigenvalue weighted by Crippen LogP contribution is -2.39. The van der Waals surface area contributed by atoms with Crippen molar-refractivity contribution in [1.82, 2.24) is 4.90 Å². The summed E-state index contributed by atoms with van der Waals surface area (Å²) in [4.78, 5) is 13.3. The third-order valence-electron chi connectivity index (χ3n) is 2.31. The number of hydrogen-bond acceptors (Lipinski definition) is 3. The van der Waals surface area contributed by atoms with Gasteiger partial charge in [-0.25, -0.2) is 0 Å². The van der Waals surface area contributed by atoms with Gasteiger partial charge in [0.1, 0.15) is 0 Å². The summed E-state index contributed by atoms with van der Waals surface area (Å²) in [6.45, 7) is 7.12. The van der Waals surface area contributed by atoms with Crippen LogP contribution in [0.25, 0.3) is 0 Å². The minimum atomic E-state index is 0.103. The van der Waals surface area contributed by atoms with Crippen LogP contribution in [0, 0.1) is 0 Å². The first kappa shape index (κ1) is 14.1. The van der Waals surface area contributed by atoms with Gasteiger partial charge < -0.3 is 15.4 Å². The lowest BCUT2D eigenvalue weighted by molar-refractivity contribution is -0.131. The zero-order chi connectivity index (χ0) is 11.7. The minimum Gasteiger partial charge on any atom is -0.377 e. The fourth-order valence-electron chi connectivity index (χ4n) is 1.07. The summed E-state index contributed by atoms with van der Waals surface area (Å²) in [5.74, 6) is 0.121. The van der Waals surface area contributed by atoms with Crippen molar-refractivity contribution in [1.29, 1.82) is 0 Å². The van der Waals surface area contributed by atoms with Crippen molar-refractivity contribution < 1.29 is 9.53 Å². The van der Waals surface area contributed by atoms with Gasteiger partial charge >= 0.3 is 0 Å². The molecule has 1 amide bonds. The summed E-state index contributed by atoms with van der Waals surface area (Å²) in [6, 6.07) is 0.103. The molecule has 0 saturated heterocycles. The van der Waals surface area contributed by atoms with Crippen LogP contribution >= 0.6 is 0 Å². The fourth-order valence-corrected chi connectivity index (χ4v) is 1.07. The molecular formula is C11H22N2O2. The Bertz CT molecular complexity index is 195. The second kappa shape index (κ2) is 8.44. The number of hydrogen-bond donors (Lipinski definition) is 1. The van der Waals surface area contributed by atoms with E-state index in [2.05, 4.69) is 6.58 Å². The monoisotopic (exact) mass is 214 g/mol. The first-order valence-corrected chi connectivity index (χ1v) is 5.27. The van der Waals surface area contributed by atoms with Crippen molar-refractivity contribution in [3.8, 4) is 0 Å². The van der Waals surface area contributed by atoms with Gasteiger partial charge in [-0.3, -0.25) is 4.79 Å². The minimum absolute atomic E-state index is 0.103. The molecular weight excluding hydrogens is 192 g/mol. The molecule has 1 unspecified atom stereocenters. The molecule has 0 aromatic heterocycles. The predicted molar refractivity (Wildman–Crippen MR) is 61.5 cm³/mol. The zero-order valence-corrected chi connectivity index (χ0v) is 9.74. The van der Waals surface area contributed by atoms with Gasteiger partial charge in [-0.1, -0.05) is 6.08 Å². The zero-order valence-electron chi connectivity index (χ0n) is 9.74. The number of carbonyl (C=O) groups is 1. The number of nitrogens with two attached hydrogens (primary N) is 1. The summed E-state index contributed by atoms with van der Waals surface area (Å²) in [7, 11) is 1.78. The van der Waals surface area contributed by atoms with Crippen molar-refractivity contribution in [3.63, 3.8) is 0 Å². The molecule has 0 fully saturated rings. The molecule has 4 heteroatoms. The Labute approximate surface area is 92.1 Å². The summed E-state index contributed by atoms with van der Waals surface area (Å²) in [5, 5.41) is 0. The normalized spacial score (nSPS) is 12.2. The van der Waals surface area contributed by atoms with E-state index in [1.54, 1.807) is 18.0 Å². The Kier molecular flexibility index (Phi) is 7.95. The second-order valence-electron chi connectivity index (χ2n) is 3.56. The maximum Gasteiger partial charge on any atom is 0.222 e. The molecule has 0 aromatic carbocycles. The Morgan fingerprint density at radius 3 is 2.87 bits per heavy atom. The maximum atomic E-state index is 11.6. The highest BCUT2D eigenvalue weighted by atomic mass is 16.5. The van der Waals surface area contributed by atoms with E-state index in [1.165, 1.54) is 0 Å². The van der Waals surface area contributed by atoms with Crippen LogP contribution < -0.4 is 5.73 Å². The molecule has 0 rings (SSSR count). The van der Waals surface area contributed by atoms with Crippen molar-refractivity contribution >= 4 is 5.91 Å². The molecule has 0 spiro atoms. The molecule has 0 saturated carbocycles. The summed E-state index contributed by atoms with van der Waals surface area (Å²) in [6.07, 6.45) is 2.96. The van der Waals surface area contributed by atoms with Gasteiger partial charge in [-0.2, -0.15) is 0 Å². The van der Waals surface area contributed by atoms with Gasteiger partial charge in [0.05, 0.1) is 6.61 Å². The standard InChI is InChI=1S/C11H22N2O2/c1-4-7-15-8-5-6-11(14)13(3)10(2)9-12/h4,10H,1,5-9,12H2,2-3H3. The molecule has 88 valence electrons. The molecule has 0 aromatic rings. The van der Waals surface area contributed by atoms with E-state index in [0.29, 0.717) is 26.2 Å². The highest BCUT2D eigenvalue weighted by Gasteiger charge is 2.13. The number of rotatable bonds is 8. The number of ether oxygens (including phenoxy) is 1. The van der Waals surface area contributed by atoms with Crippen LogP contribution in [0.2, 0.25) is 0 Å². The molecule has 0 aliphatic carbocycles. The van der Waals surface area contributed by atoms with Crippen molar-refractivity contribution in [3.05, 3.63) is 12.7 Å². The van der Waals surface area contributed by atoms with E-state index >= 15 is 0 Å². The summed E-state index contributed by atoms with van der Waals surface area (Å²) in [5.41, 5.74) is 5.48. The van der Waals surface area contributed by atoms with Crippen molar-refractivity contribution in [2.24, 2.45) is 5.73 Å². The summed E-state index contributed by atoms with van der Waals surface area (Å²) >= 11 is 0. The smallest absolute Gasteiger partial charge is 0.222 e. The average molecular weight is 214 g/mol. The van der Waals surface area contributed by atoms with Crippen molar-refractivity contribution in [2.75, 3.05) is 26.8 Å². The predicted octanol–water partition coefficient (Wildman–Crippen LogP) is 0.775. The SMILES string of the molecule is C=CCOCCCC(=O)N(C)C(C)CN. The largest absolute Gasteiger partial charge is 0.377 e. The van der Waals surface area contributed by atoms with E-state index in [4.69, 9.17) is 10.5 Å². The van der Waals surface area contributed by atoms with E-state index in [9.17, 15) is 4.79 Å². The number of likely N-dealkylation sites (N-methyl/N-ethyl adjacent to an activating group) is 1. The van der Waals surface area contributed by atoms with Gasteiger partial charge in [0.2, 0.25) is 5.91 Å². The molecule has 15 heavy (non-hydrogen) atoms. The number of carbonyl (C=O) groups excluding carboxylic acids is 1. The Morgan fingerprint density at radius 2 is 2.33 bits per heavy atom. The third kappa shape index (κ3) is 6.25. The highest BCUT2D eigenvalue weighted by molar-refractivity contribution is 5.76. The van der Waals surface area contributed by atoms with E-state index in [0.717, 1.165) is 6.42 Å². The van der Waals surface area contributed by atoms with Gasteiger partial charge in [0.25, 0.3) is 0 Å². The highest BCUT2D eigenvalue weighted by Crippen LogP contribution is 2.00. The van der Waals surface area contributed by atoms with Crippen LogP contribution in [-0.2, 0) is 9.53 Å². The summed E-state index contributed by atoms with van der Waals surface area (Å²) < 4.78 is 5.19. The molecule has 2 N–H and O–H groups in total. The Morgan fingerprint density at radius 1 is 1.67 bits per heavy atom. The topological polar surface area (TPSA) is 55.6 Å². The molecule has 0 heterocycles. The Balaban J connectivity index is 3.60. The molecule has 4 nitrogen and oxygen atoms in total. The molecule has 0 radical (unpaired) electrons. The van der Waals surface area contributed by atoms with Crippen LogP contribution in [0.5, 0.6) is 0 Å². The molecule has 0 bridgehead atoms. The molecule has 1 atom stereocenters. The number of amides is 1. The second-order valence-corrected chi connectivity index (χ2v) is 3.56. The van der Waals surface area contributed by atoms with E-state index < -0.39 is 0 Å². The fraction of sp³-hybridized carbons (Fsp3) is 0.727. The lowest BCUT2D eigenvalue weighted by Gasteiger charge is -2.23. The average Bonchev–Trinajstić information content (AvgIpc) is 2.26. The first-order chi connectivity index (χ1) is 7.13. The first-order valence-electron chi connectivity index (χ1n) is 5.27. The van der Waals surface area contributed by atoms with E-state index in [-0.39, 0.29) is 11.9 Å². The van der Waals surface area contributed by atoms with E-state index in [1.807, 2.05) is 6.92 Å². The Hall–Kier alpha value is -0.870.